The molecule has 4 aromatic heterocycles. The standard InChI is InChI=1S/C54H32O4/c1-3-7-31(8-4-1)33-11-17-45-39(25-33)41-27-35(13-19-47(41)55-45)37-15-21-49-43(29-37)53-51(57-49)23-24-52-54(53)44-30-38(16-22-50(44)58-52)36-14-20-48-42(28-36)40-26-34(12-18-46(40)56-48)32-9-5-2-6-10-32/h1-29,38H,30H2. The van der Waals surface area contributed by atoms with Crippen LogP contribution in [0.15, 0.2) is 188 Å². The fourth-order valence-electron chi connectivity index (χ4n) is 9.38. The second kappa shape index (κ2) is 12.0. The van der Waals surface area contributed by atoms with E-state index in [9.17, 15) is 0 Å². The lowest BCUT2D eigenvalue weighted by atomic mass is 9.85. The van der Waals surface area contributed by atoms with Crippen LogP contribution in [0.2, 0.25) is 0 Å². The topological polar surface area (TPSA) is 52.6 Å². The van der Waals surface area contributed by atoms with Crippen molar-refractivity contribution in [2.24, 2.45) is 0 Å². The molecule has 1 aliphatic rings. The van der Waals surface area contributed by atoms with Crippen molar-refractivity contribution in [3.8, 4) is 33.4 Å². The maximum atomic E-state index is 6.55. The first kappa shape index (κ1) is 31.6. The summed E-state index contributed by atoms with van der Waals surface area (Å²) in [5.41, 5.74) is 15.6. The molecule has 0 spiro atoms. The molecule has 0 bridgehead atoms. The average molecular weight is 745 g/mol. The maximum absolute atomic E-state index is 6.55. The molecule has 1 unspecified atom stereocenters. The molecule has 0 aliphatic heterocycles. The minimum atomic E-state index is 0.169. The van der Waals surface area contributed by atoms with E-state index in [2.05, 4.69) is 164 Å². The van der Waals surface area contributed by atoms with Gasteiger partial charge in [0.25, 0.3) is 0 Å². The lowest BCUT2D eigenvalue weighted by Gasteiger charge is -2.17. The van der Waals surface area contributed by atoms with Crippen LogP contribution in [0.25, 0.3) is 116 Å². The number of furan rings is 4. The van der Waals surface area contributed by atoms with Crippen LogP contribution in [0, 0.1) is 0 Å². The number of allylic oxidation sites excluding steroid dienone is 1. The number of hydrogen-bond acceptors (Lipinski definition) is 4. The Morgan fingerprint density at radius 3 is 1.34 bits per heavy atom. The summed E-state index contributed by atoms with van der Waals surface area (Å²) in [6, 6.07) is 57.7. The monoisotopic (exact) mass is 744 g/mol. The predicted molar refractivity (Wildman–Crippen MR) is 236 cm³/mol. The number of benzene rings is 8. The van der Waals surface area contributed by atoms with E-state index in [1.54, 1.807) is 0 Å². The van der Waals surface area contributed by atoms with Gasteiger partial charge in [-0.25, -0.2) is 0 Å². The van der Waals surface area contributed by atoms with E-state index in [1.165, 1.54) is 33.4 Å². The van der Waals surface area contributed by atoms with Gasteiger partial charge in [0, 0.05) is 49.2 Å². The van der Waals surface area contributed by atoms with E-state index < -0.39 is 0 Å². The van der Waals surface area contributed by atoms with E-state index in [4.69, 9.17) is 17.7 Å². The first-order valence-corrected chi connectivity index (χ1v) is 19.8. The van der Waals surface area contributed by atoms with Crippen LogP contribution < -0.4 is 0 Å². The summed E-state index contributed by atoms with van der Waals surface area (Å²) >= 11 is 0. The van der Waals surface area contributed by atoms with Gasteiger partial charge in [0.1, 0.15) is 44.8 Å². The quantitative estimate of drug-likeness (QED) is 0.180. The minimum Gasteiger partial charge on any atom is -0.456 e. The Balaban J connectivity index is 0.908. The maximum Gasteiger partial charge on any atom is 0.136 e. The van der Waals surface area contributed by atoms with Crippen molar-refractivity contribution in [3.63, 3.8) is 0 Å². The molecule has 1 aliphatic carbocycles. The highest BCUT2D eigenvalue weighted by atomic mass is 16.3. The average Bonchev–Trinajstić information content (AvgIpc) is 4.05. The predicted octanol–water partition coefficient (Wildman–Crippen LogP) is 15.5. The zero-order valence-electron chi connectivity index (χ0n) is 31.2. The number of rotatable bonds is 4. The molecule has 272 valence electrons. The van der Waals surface area contributed by atoms with Crippen molar-refractivity contribution in [1.29, 1.82) is 0 Å². The van der Waals surface area contributed by atoms with Gasteiger partial charge in [0.15, 0.2) is 0 Å². The Bertz CT molecular complexity index is 3650. The molecule has 0 amide bonds. The van der Waals surface area contributed by atoms with Crippen molar-refractivity contribution < 1.29 is 17.7 Å². The highest BCUT2D eigenvalue weighted by molar-refractivity contribution is 6.20. The van der Waals surface area contributed by atoms with Crippen LogP contribution in [0.3, 0.4) is 0 Å². The van der Waals surface area contributed by atoms with E-state index in [0.29, 0.717) is 0 Å². The Morgan fingerprint density at radius 1 is 0.345 bits per heavy atom. The van der Waals surface area contributed by atoms with Gasteiger partial charge in [0.05, 0.1) is 0 Å². The molecule has 1 atom stereocenters. The molecule has 0 saturated carbocycles. The molecule has 0 N–H and O–H groups in total. The van der Waals surface area contributed by atoms with E-state index in [0.717, 1.165) is 100 Å². The summed E-state index contributed by atoms with van der Waals surface area (Å²) in [4.78, 5) is 0. The Labute approximate surface area is 331 Å². The molecule has 0 saturated heterocycles. The summed E-state index contributed by atoms with van der Waals surface area (Å²) in [5.74, 6) is 1.08. The van der Waals surface area contributed by atoms with Crippen molar-refractivity contribution >= 4 is 82.9 Å². The van der Waals surface area contributed by atoms with Crippen molar-refractivity contribution in [1.82, 2.24) is 0 Å². The lowest BCUT2D eigenvalue weighted by Crippen LogP contribution is -2.04. The molecule has 0 radical (unpaired) electrons. The van der Waals surface area contributed by atoms with Gasteiger partial charge in [-0.05, 0) is 124 Å². The van der Waals surface area contributed by atoms with Crippen LogP contribution in [0.5, 0.6) is 0 Å². The lowest BCUT2D eigenvalue weighted by molar-refractivity contribution is 0.591. The summed E-state index contributed by atoms with van der Waals surface area (Å²) in [6.07, 6.45) is 5.25. The van der Waals surface area contributed by atoms with Gasteiger partial charge >= 0.3 is 0 Å². The number of hydrogen-bond donors (Lipinski definition) is 0. The van der Waals surface area contributed by atoms with Gasteiger partial charge in [-0.1, -0.05) is 97.1 Å². The second-order valence-corrected chi connectivity index (χ2v) is 15.6. The molecule has 8 aromatic carbocycles. The van der Waals surface area contributed by atoms with Crippen LogP contribution in [0.1, 0.15) is 22.8 Å². The van der Waals surface area contributed by atoms with E-state index in [-0.39, 0.29) is 5.92 Å². The van der Waals surface area contributed by atoms with Crippen LogP contribution in [-0.2, 0) is 6.42 Å². The van der Waals surface area contributed by atoms with E-state index in [1.807, 2.05) is 12.1 Å². The third-order valence-electron chi connectivity index (χ3n) is 12.3. The molecule has 58 heavy (non-hydrogen) atoms. The summed E-state index contributed by atoms with van der Waals surface area (Å²) in [5, 5.41) is 7.79. The highest BCUT2D eigenvalue weighted by Crippen LogP contribution is 2.45. The van der Waals surface area contributed by atoms with Gasteiger partial charge in [0.2, 0.25) is 0 Å². The fourth-order valence-corrected chi connectivity index (χ4v) is 9.38. The highest BCUT2D eigenvalue weighted by Gasteiger charge is 2.26. The summed E-state index contributed by atoms with van der Waals surface area (Å²) in [7, 11) is 0. The molecule has 0 fully saturated rings. The third kappa shape index (κ3) is 4.75. The molecular formula is C54H32O4. The van der Waals surface area contributed by atoms with Crippen molar-refractivity contribution in [3.05, 3.63) is 187 Å². The molecule has 12 aromatic rings. The zero-order valence-corrected chi connectivity index (χ0v) is 31.2. The zero-order chi connectivity index (χ0) is 37.9. The first-order valence-electron chi connectivity index (χ1n) is 19.8. The normalized spacial score (nSPS) is 14.2. The smallest absolute Gasteiger partial charge is 0.136 e. The summed E-state index contributed by atoms with van der Waals surface area (Å²) < 4.78 is 25.7. The van der Waals surface area contributed by atoms with Crippen molar-refractivity contribution in [2.45, 2.75) is 12.3 Å². The molecule has 13 rings (SSSR count). The molecule has 4 heteroatoms. The van der Waals surface area contributed by atoms with Crippen LogP contribution >= 0.6 is 0 Å². The Morgan fingerprint density at radius 2 is 0.776 bits per heavy atom. The molecule has 4 nitrogen and oxygen atoms in total. The SMILES string of the molecule is C1=CC(c2ccc3oc4ccc(-c5ccccc5)cc4c3c2)Cc2c1oc1ccc3oc4ccc(-c5ccc6oc7ccc(-c8ccccc8)cc7c6c5)cc4c3c21. The largest absolute Gasteiger partial charge is 0.456 e. The van der Waals surface area contributed by atoms with Gasteiger partial charge in [-0.2, -0.15) is 0 Å². The fraction of sp³-hybridized carbons (Fsp3) is 0.0370. The Kier molecular flexibility index (Phi) is 6.53. The van der Waals surface area contributed by atoms with Crippen LogP contribution in [0.4, 0.5) is 0 Å². The van der Waals surface area contributed by atoms with Gasteiger partial charge in [-0.15, -0.1) is 0 Å². The molecule has 4 heterocycles. The van der Waals surface area contributed by atoms with Gasteiger partial charge in [-0.3, -0.25) is 0 Å². The summed E-state index contributed by atoms with van der Waals surface area (Å²) in [6.45, 7) is 0. The minimum absolute atomic E-state index is 0.169. The molecular weight excluding hydrogens is 713 g/mol. The Hall–Kier alpha value is -7.56. The van der Waals surface area contributed by atoms with Crippen LogP contribution in [-0.4, -0.2) is 0 Å². The second-order valence-electron chi connectivity index (χ2n) is 15.6. The number of fused-ring (bicyclic) bond motifs is 13. The van der Waals surface area contributed by atoms with E-state index >= 15 is 0 Å². The first-order chi connectivity index (χ1) is 28.7. The third-order valence-corrected chi connectivity index (χ3v) is 12.3. The van der Waals surface area contributed by atoms with Crippen molar-refractivity contribution in [2.75, 3.05) is 0 Å². The van der Waals surface area contributed by atoms with Gasteiger partial charge < -0.3 is 17.7 Å².